The Hall–Kier alpha value is -1.05. The number of nitrogens with zero attached hydrogens (tertiary/aromatic N) is 2. The minimum Gasteiger partial charge on any atom is -0.376 e. The van der Waals surface area contributed by atoms with E-state index in [1.807, 2.05) is 32.0 Å². The topological polar surface area (TPSA) is 16.1 Å². The summed E-state index contributed by atoms with van der Waals surface area (Å²) in [4.78, 5) is 5.96. The van der Waals surface area contributed by atoms with Crippen LogP contribution in [0.1, 0.15) is 5.56 Å². The summed E-state index contributed by atoms with van der Waals surface area (Å²) in [7, 11) is 3.99. The number of aryl methyl sites for hydroxylation is 1. The third-order valence-electron chi connectivity index (χ3n) is 1.32. The van der Waals surface area contributed by atoms with Crippen LogP contribution in [0, 0.1) is 13.1 Å². The largest absolute Gasteiger partial charge is 0.376 e. The van der Waals surface area contributed by atoms with Crippen molar-refractivity contribution in [3.63, 3.8) is 0 Å². The maximum atomic E-state index is 3.94. The highest BCUT2D eigenvalue weighted by Crippen LogP contribution is 2.08. The molecule has 1 aromatic heterocycles. The van der Waals surface area contributed by atoms with Gasteiger partial charge in [-0.25, -0.2) is 0 Å². The van der Waals surface area contributed by atoms with Crippen molar-refractivity contribution in [2.24, 2.45) is 0 Å². The first-order chi connectivity index (χ1) is 4.70. The first kappa shape index (κ1) is 7.06. The fourth-order valence-electron chi connectivity index (χ4n) is 0.736. The van der Waals surface area contributed by atoms with Crippen LogP contribution in [0.25, 0.3) is 0 Å². The molecule has 1 rings (SSSR count). The van der Waals surface area contributed by atoms with Gasteiger partial charge in [-0.3, -0.25) is 4.98 Å². The van der Waals surface area contributed by atoms with Crippen LogP contribution < -0.4 is 4.90 Å². The molecule has 2 heteroatoms. The smallest absolute Gasteiger partial charge is 0.0919 e. The minimum atomic E-state index is 1.08. The van der Waals surface area contributed by atoms with E-state index in [4.69, 9.17) is 0 Å². The molecular weight excluding hydrogens is 124 g/mol. The first-order valence-electron chi connectivity index (χ1n) is 3.22. The molecule has 1 aromatic rings. The van der Waals surface area contributed by atoms with E-state index in [1.165, 1.54) is 0 Å². The number of anilines is 1. The van der Waals surface area contributed by atoms with Crippen LogP contribution in [0.4, 0.5) is 5.69 Å². The van der Waals surface area contributed by atoms with Gasteiger partial charge in [0.25, 0.3) is 0 Å². The van der Waals surface area contributed by atoms with E-state index in [0.717, 1.165) is 11.3 Å². The SMILES string of the molecule is Cc1[c]ncc(N(C)C)c1. The molecule has 0 aromatic carbocycles. The molecule has 0 amide bonds. The standard InChI is InChI=1S/C8H11N2/c1-7-4-8(10(2)3)6-9-5-7/h4,6H,1-3H3. The zero-order chi connectivity index (χ0) is 7.56. The quantitative estimate of drug-likeness (QED) is 0.576. The Labute approximate surface area is 61.5 Å². The lowest BCUT2D eigenvalue weighted by Crippen LogP contribution is -2.08. The summed E-state index contributed by atoms with van der Waals surface area (Å²) < 4.78 is 0. The lowest BCUT2D eigenvalue weighted by atomic mass is 10.3. The van der Waals surface area contributed by atoms with Crippen LogP contribution >= 0.6 is 0 Å². The second kappa shape index (κ2) is 2.69. The summed E-state index contributed by atoms with van der Waals surface area (Å²) in [6, 6.07) is 2.05. The monoisotopic (exact) mass is 135 g/mol. The van der Waals surface area contributed by atoms with Crippen LogP contribution in [-0.4, -0.2) is 19.1 Å². The molecule has 0 atom stereocenters. The Balaban J connectivity index is 2.96. The Morgan fingerprint density at radius 1 is 1.50 bits per heavy atom. The van der Waals surface area contributed by atoms with E-state index in [2.05, 4.69) is 11.2 Å². The number of hydrogen-bond acceptors (Lipinski definition) is 2. The number of hydrogen-bond donors (Lipinski definition) is 0. The third-order valence-corrected chi connectivity index (χ3v) is 1.32. The van der Waals surface area contributed by atoms with E-state index < -0.39 is 0 Å². The van der Waals surface area contributed by atoms with Gasteiger partial charge >= 0.3 is 0 Å². The molecule has 2 nitrogen and oxygen atoms in total. The molecule has 10 heavy (non-hydrogen) atoms. The lowest BCUT2D eigenvalue weighted by Gasteiger charge is -2.10. The van der Waals surface area contributed by atoms with E-state index in [9.17, 15) is 0 Å². The van der Waals surface area contributed by atoms with Crippen molar-refractivity contribution < 1.29 is 0 Å². The van der Waals surface area contributed by atoms with Crippen LogP contribution in [0.5, 0.6) is 0 Å². The molecule has 0 fully saturated rings. The van der Waals surface area contributed by atoms with E-state index in [-0.39, 0.29) is 0 Å². The first-order valence-corrected chi connectivity index (χ1v) is 3.22. The van der Waals surface area contributed by atoms with Gasteiger partial charge in [0.15, 0.2) is 0 Å². The highest BCUT2D eigenvalue weighted by molar-refractivity contribution is 5.43. The molecule has 0 bridgehead atoms. The molecule has 0 spiro atoms. The second-order valence-electron chi connectivity index (χ2n) is 2.52. The highest BCUT2D eigenvalue weighted by Gasteiger charge is 1.93. The van der Waals surface area contributed by atoms with Gasteiger partial charge < -0.3 is 4.90 Å². The van der Waals surface area contributed by atoms with Gasteiger partial charge in [-0.15, -0.1) is 0 Å². The maximum Gasteiger partial charge on any atom is 0.0919 e. The Bertz CT molecular complexity index is 218. The number of rotatable bonds is 1. The van der Waals surface area contributed by atoms with Crippen molar-refractivity contribution in [2.45, 2.75) is 6.92 Å². The van der Waals surface area contributed by atoms with E-state index in [0.29, 0.717) is 0 Å². The van der Waals surface area contributed by atoms with Crippen molar-refractivity contribution in [1.82, 2.24) is 4.98 Å². The van der Waals surface area contributed by atoms with E-state index >= 15 is 0 Å². The third kappa shape index (κ3) is 1.47. The van der Waals surface area contributed by atoms with Crippen molar-refractivity contribution in [1.29, 1.82) is 0 Å². The van der Waals surface area contributed by atoms with Crippen molar-refractivity contribution in [3.8, 4) is 0 Å². The summed E-state index contributed by atoms with van der Waals surface area (Å²) in [5, 5.41) is 0. The van der Waals surface area contributed by atoms with Crippen LogP contribution in [0.15, 0.2) is 12.3 Å². The van der Waals surface area contributed by atoms with Crippen LogP contribution in [0.2, 0.25) is 0 Å². The number of aromatic nitrogens is 1. The molecule has 53 valence electrons. The van der Waals surface area contributed by atoms with Crippen LogP contribution in [-0.2, 0) is 0 Å². The molecule has 0 aliphatic carbocycles. The summed E-state index contributed by atoms with van der Waals surface area (Å²) in [5.74, 6) is 0. The molecule has 0 N–H and O–H groups in total. The summed E-state index contributed by atoms with van der Waals surface area (Å²) in [6.07, 6.45) is 4.65. The predicted molar refractivity (Wildman–Crippen MR) is 42.1 cm³/mol. The fourth-order valence-corrected chi connectivity index (χ4v) is 0.736. The van der Waals surface area contributed by atoms with Gasteiger partial charge in [-0.05, 0) is 18.6 Å². The van der Waals surface area contributed by atoms with Crippen molar-refractivity contribution in [2.75, 3.05) is 19.0 Å². The molecule has 0 unspecified atom stereocenters. The molecular formula is C8H11N2. The van der Waals surface area contributed by atoms with Gasteiger partial charge in [-0.2, -0.15) is 0 Å². The minimum absolute atomic E-state index is 1.08. The molecule has 1 heterocycles. The van der Waals surface area contributed by atoms with Gasteiger partial charge in [-0.1, -0.05) is 0 Å². The fraction of sp³-hybridized carbons (Fsp3) is 0.375. The molecule has 1 radical (unpaired) electrons. The zero-order valence-corrected chi connectivity index (χ0v) is 6.55. The second-order valence-corrected chi connectivity index (χ2v) is 2.52. The molecule has 0 aliphatic rings. The van der Waals surface area contributed by atoms with Crippen LogP contribution in [0.3, 0.4) is 0 Å². The van der Waals surface area contributed by atoms with Crippen molar-refractivity contribution >= 4 is 5.69 Å². The summed E-state index contributed by atoms with van der Waals surface area (Å²) >= 11 is 0. The Kier molecular flexibility index (Phi) is 1.90. The predicted octanol–water partition coefficient (Wildman–Crippen LogP) is 1.26. The highest BCUT2D eigenvalue weighted by atomic mass is 15.1. The lowest BCUT2D eigenvalue weighted by molar-refractivity contribution is 1.10. The average Bonchev–Trinajstić information content (AvgIpc) is 1.88. The summed E-state index contributed by atoms with van der Waals surface area (Å²) in [6.45, 7) is 1.99. The van der Waals surface area contributed by atoms with E-state index in [1.54, 1.807) is 6.20 Å². The normalized spacial score (nSPS) is 9.50. The number of pyridine rings is 1. The Morgan fingerprint density at radius 3 is 2.60 bits per heavy atom. The van der Waals surface area contributed by atoms with Crippen molar-refractivity contribution in [3.05, 3.63) is 24.0 Å². The van der Waals surface area contributed by atoms with Gasteiger partial charge in [0.05, 0.1) is 18.1 Å². The molecule has 0 aliphatic heterocycles. The summed E-state index contributed by atoms with van der Waals surface area (Å²) in [5.41, 5.74) is 2.20. The van der Waals surface area contributed by atoms with Gasteiger partial charge in [0.2, 0.25) is 0 Å². The maximum absolute atomic E-state index is 3.94. The molecule has 0 saturated heterocycles. The zero-order valence-electron chi connectivity index (χ0n) is 6.55. The molecule has 0 saturated carbocycles. The Morgan fingerprint density at radius 2 is 2.20 bits per heavy atom. The van der Waals surface area contributed by atoms with Gasteiger partial charge in [0.1, 0.15) is 0 Å². The van der Waals surface area contributed by atoms with Gasteiger partial charge in [0, 0.05) is 14.1 Å². The average molecular weight is 135 g/mol.